The Labute approximate surface area is 116 Å². The lowest BCUT2D eigenvalue weighted by atomic mass is 9.99. The van der Waals surface area contributed by atoms with Crippen molar-refractivity contribution >= 4 is 10.0 Å². The van der Waals surface area contributed by atoms with E-state index in [4.69, 9.17) is 0 Å². The molecular formula is C15H23NO2S. The fraction of sp³-hybridized carbons (Fsp3) is 0.600. The van der Waals surface area contributed by atoms with Gasteiger partial charge in [-0.05, 0) is 37.3 Å². The Morgan fingerprint density at radius 1 is 1.21 bits per heavy atom. The summed E-state index contributed by atoms with van der Waals surface area (Å²) in [6.07, 6.45) is 0.961. The van der Waals surface area contributed by atoms with Gasteiger partial charge in [-0.1, -0.05) is 38.5 Å². The second kappa shape index (κ2) is 5.25. The van der Waals surface area contributed by atoms with E-state index in [0.29, 0.717) is 23.3 Å². The van der Waals surface area contributed by atoms with Gasteiger partial charge in [0.05, 0.1) is 4.90 Å². The summed E-state index contributed by atoms with van der Waals surface area (Å²) in [7, 11) is -3.35. The van der Waals surface area contributed by atoms with E-state index in [9.17, 15) is 8.42 Å². The summed E-state index contributed by atoms with van der Waals surface area (Å²) >= 11 is 0. The summed E-state index contributed by atoms with van der Waals surface area (Å²) < 4.78 is 27.2. The SMILES string of the molecule is Cc1ccc(S(=O)(=O)N2CC(C)CC2C(C)C)cc1. The van der Waals surface area contributed by atoms with Crippen LogP contribution in [0.3, 0.4) is 0 Å². The quantitative estimate of drug-likeness (QED) is 0.854. The number of hydrogen-bond acceptors (Lipinski definition) is 2. The zero-order chi connectivity index (χ0) is 14.2. The van der Waals surface area contributed by atoms with Crippen LogP contribution in [0, 0.1) is 18.8 Å². The van der Waals surface area contributed by atoms with Crippen LogP contribution in [-0.2, 0) is 10.0 Å². The van der Waals surface area contributed by atoms with Crippen LogP contribution in [0.1, 0.15) is 32.8 Å². The Balaban J connectivity index is 2.36. The smallest absolute Gasteiger partial charge is 0.207 e. The molecule has 106 valence electrons. The van der Waals surface area contributed by atoms with Crippen molar-refractivity contribution in [3.63, 3.8) is 0 Å². The van der Waals surface area contributed by atoms with E-state index in [1.165, 1.54) is 0 Å². The van der Waals surface area contributed by atoms with E-state index in [1.807, 2.05) is 19.1 Å². The van der Waals surface area contributed by atoms with Crippen LogP contribution in [0.15, 0.2) is 29.2 Å². The predicted molar refractivity (Wildman–Crippen MR) is 77.5 cm³/mol. The summed E-state index contributed by atoms with van der Waals surface area (Å²) in [5, 5.41) is 0. The van der Waals surface area contributed by atoms with Crippen molar-refractivity contribution in [3.8, 4) is 0 Å². The molecule has 1 aliphatic heterocycles. The lowest BCUT2D eigenvalue weighted by Crippen LogP contribution is -2.38. The highest BCUT2D eigenvalue weighted by molar-refractivity contribution is 7.89. The van der Waals surface area contributed by atoms with Crippen molar-refractivity contribution in [1.29, 1.82) is 0 Å². The molecule has 1 saturated heterocycles. The first kappa shape index (κ1) is 14.5. The lowest BCUT2D eigenvalue weighted by Gasteiger charge is -2.26. The fourth-order valence-corrected chi connectivity index (χ4v) is 4.66. The van der Waals surface area contributed by atoms with Gasteiger partial charge in [0.2, 0.25) is 10.0 Å². The largest absolute Gasteiger partial charge is 0.243 e. The number of hydrogen-bond donors (Lipinski definition) is 0. The first-order chi connectivity index (χ1) is 8.82. The van der Waals surface area contributed by atoms with Crippen LogP contribution in [-0.4, -0.2) is 25.3 Å². The van der Waals surface area contributed by atoms with Gasteiger partial charge >= 0.3 is 0 Å². The van der Waals surface area contributed by atoms with Gasteiger partial charge in [0.25, 0.3) is 0 Å². The highest BCUT2D eigenvalue weighted by Crippen LogP contribution is 2.33. The molecule has 0 bridgehead atoms. The molecule has 3 nitrogen and oxygen atoms in total. The number of benzene rings is 1. The van der Waals surface area contributed by atoms with Crippen LogP contribution in [0.4, 0.5) is 0 Å². The third-order valence-electron chi connectivity index (χ3n) is 3.90. The Bertz CT molecular complexity index is 534. The molecule has 2 unspecified atom stereocenters. The van der Waals surface area contributed by atoms with E-state index < -0.39 is 10.0 Å². The van der Waals surface area contributed by atoms with Gasteiger partial charge in [0.15, 0.2) is 0 Å². The average molecular weight is 281 g/mol. The van der Waals surface area contributed by atoms with E-state index in [1.54, 1.807) is 16.4 Å². The summed E-state index contributed by atoms with van der Waals surface area (Å²) in [5.74, 6) is 0.790. The van der Waals surface area contributed by atoms with Crippen molar-refractivity contribution in [2.75, 3.05) is 6.54 Å². The second-order valence-corrected chi connectivity index (χ2v) is 7.93. The topological polar surface area (TPSA) is 37.4 Å². The van der Waals surface area contributed by atoms with Crippen LogP contribution >= 0.6 is 0 Å². The van der Waals surface area contributed by atoms with E-state index in [2.05, 4.69) is 20.8 Å². The third kappa shape index (κ3) is 2.84. The van der Waals surface area contributed by atoms with Crippen molar-refractivity contribution in [2.24, 2.45) is 11.8 Å². The predicted octanol–water partition coefficient (Wildman–Crippen LogP) is 3.05. The van der Waals surface area contributed by atoms with Crippen molar-refractivity contribution in [3.05, 3.63) is 29.8 Å². The summed E-state index contributed by atoms with van der Waals surface area (Å²) in [6, 6.07) is 7.27. The minimum absolute atomic E-state index is 0.126. The maximum absolute atomic E-state index is 12.7. The maximum Gasteiger partial charge on any atom is 0.243 e. The monoisotopic (exact) mass is 281 g/mol. The van der Waals surface area contributed by atoms with Crippen molar-refractivity contribution < 1.29 is 8.42 Å². The van der Waals surface area contributed by atoms with Crippen LogP contribution in [0.25, 0.3) is 0 Å². The number of aryl methyl sites for hydroxylation is 1. The Kier molecular flexibility index (Phi) is 4.02. The molecule has 0 N–H and O–H groups in total. The van der Waals surface area contributed by atoms with Gasteiger partial charge in [-0.15, -0.1) is 0 Å². The Hall–Kier alpha value is -0.870. The van der Waals surface area contributed by atoms with Crippen molar-refractivity contribution in [2.45, 2.75) is 45.1 Å². The molecular weight excluding hydrogens is 258 g/mol. The molecule has 2 atom stereocenters. The molecule has 1 aromatic rings. The molecule has 19 heavy (non-hydrogen) atoms. The van der Waals surface area contributed by atoms with E-state index >= 15 is 0 Å². The maximum atomic E-state index is 12.7. The molecule has 0 aromatic heterocycles. The standard InChI is InChI=1S/C15H23NO2S/c1-11(2)15-9-13(4)10-16(15)19(17,18)14-7-5-12(3)6-8-14/h5-8,11,13,15H,9-10H2,1-4H3. The van der Waals surface area contributed by atoms with Crippen LogP contribution in [0.5, 0.6) is 0 Å². The molecule has 0 saturated carbocycles. The minimum Gasteiger partial charge on any atom is -0.207 e. The van der Waals surface area contributed by atoms with Crippen LogP contribution in [0.2, 0.25) is 0 Å². The molecule has 0 amide bonds. The molecule has 0 spiro atoms. The molecule has 2 rings (SSSR count). The molecule has 1 fully saturated rings. The molecule has 0 radical (unpaired) electrons. The van der Waals surface area contributed by atoms with Gasteiger partial charge in [-0.25, -0.2) is 8.42 Å². The van der Waals surface area contributed by atoms with Gasteiger partial charge in [-0.2, -0.15) is 4.31 Å². The highest BCUT2D eigenvalue weighted by atomic mass is 32.2. The minimum atomic E-state index is -3.35. The zero-order valence-electron chi connectivity index (χ0n) is 12.1. The molecule has 4 heteroatoms. The average Bonchev–Trinajstić information content (AvgIpc) is 2.73. The lowest BCUT2D eigenvalue weighted by molar-refractivity contribution is 0.316. The second-order valence-electron chi connectivity index (χ2n) is 6.04. The third-order valence-corrected chi connectivity index (χ3v) is 5.81. The van der Waals surface area contributed by atoms with Gasteiger partial charge in [-0.3, -0.25) is 0 Å². The number of rotatable bonds is 3. The summed E-state index contributed by atoms with van der Waals surface area (Å²) in [5.41, 5.74) is 1.08. The van der Waals surface area contributed by atoms with Gasteiger partial charge in [0, 0.05) is 12.6 Å². The molecule has 0 aliphatic carbocycles. The first-order valence-electron chi connectivity index (χ1n) is 6.91. The Morgan fingerprint density at radius 2 is 1.79 bits per heavy atom. The normalized spacial score (nSPS) is 25.1. The van der Waals surface area contributed by atoms with Gasteiger partial charge in [0.1, 0.15) is 0 Å². The molecule has 1 heterocycles. The van der Waals surface area contributed by atoms with E-state index in [0.717, 1.165) is 12.0 Å². The van der Waals surface area contributed by atoms with Crippen molar-refractivity contribution in [1.82, 2.24) is 4.31 Å². The fourth-order valence-electron chi connectivity index (χ4n) is 2.77. The number of nitrogens with zero attached hydrogens (tertiary/aromatic N) is 1. The summed E-state index contributed by atoms with van der Waals surface area (Å²) in [6.45, 7) is 8.92. The Morgan fingerprint density at radius 3 is 2.32 bits per heavy atom. The zero-order valence-corrected chi connectivity index (χ0v) is 12.9. The molecule has 1 aromatic carbocycles. The van der Waals surface area contributed by atoms with E-state index in [-0.39, 0.29) is 6.04 Å². The highest BCUT2D eigenvalue weighted by Gasteiger charge is 2.39. The first-order valence-corrected chi connectivity index (χ1v) is 8.35. The number of sulfonamides is 1. The molecule has 1 aliphatic rings. The summed E-state index contributed by atoms with van der Waals surface area (Å²) in [4.78, 5) is 0.415. The van der Waals surface area contributed by atoms with Crippen LogP contribution < -0.4 is 0 Å². The van der Waals surface area contributed by atoms with Gasteiger partial charge < -0.3 is 0 Å².